The molecule has 112 valence electrons. The Bertz CT molecular complexity index is 600. The molecule has 2 rings (SSSR count). The van der Waals surface area contributed by atoms with Crippen LogP contribution in [0, 0.1) is 0 Å². The summed E-state index contributed by atoms with van der Waals surface area (Å²) < 4.78 is 5.39. The summed E-state index contributed by atoms with van der Waals surface area (Å²) in [4.78, 5) is 13.7. The average Bonchev–Trinajstić information content (AvgIpc) is 2.91. The Morgan fingerprint density at radius 1 is 1.24 bits per heavy atom. The van der Waals surface area contributed by atoms with Gasteiger partial charge in [0.2, 0.25) is 0 Å². The maximum atomic E-state index is 12.1. The van der Waals surface area contributed by atoms with E-state index in [1.165, 1.54) is 5.56 Å². The van der Waals surface area contributed by atoms with Crippen molar-refractivity contribution in [2.24, 2.45) is 0 Å². The molecule has 0 aliphatic rings. The minimum Gasteiger partial charge on any atom is -0.444 e. The summed E-state index contributed by atoms with van der Waals surface area (Å²) in [6, 6.07) is 10.2. The molecule has 2 aromatic rings. The molecule has 0 N–H and O–H groups in total. The molecule has 0 aliphatic carbocycles. The second-order valence-electron chi connectivity index (χ2n) is 6.01. The van der Waals surface area contributed by atoms with E-state index in [1.807, 2.05) is 39.0 Å². The monoisotopic (exact) mass is 303 g/mol. The molecule has 21 heavy (non-hydrogen) atoms. The van der Waals surface area contributed by atoms with E-state index < -0.39 is 5.60 Å². The third-order valence-corrected chi connectivity index (χ3v) is 3.65. The van der Waals surface area contributed by atoms with Crippen LogP contribution in [0.1, 0.15) is 26.3 Å². The van der Waals surface area contributed by atoms with Gasteiger partial charge in [-0.25, -0.2) is 4.79 Å². The Hall–Kier alpha value is -1.81. The lowest BCUT2D eigenvalue weighted by atomic mass is 10.0. The quantitative estimate of drug-likeness (QED) is 0.816. The van der Waals surface area contributed by atoms with E-state index in [9.17, 15) is 4.79 Å². The SMILES string of the molecule is CN(Cc1ccccc1-c1ccsc1)C(=O)OC(C)(C)C. The summed E-state index contributed by atoms with van der Waals surface area (Å²) in [6.07, 6.45) is -0.303. The first-order chi connectivity index (χ1) is 9.87. The second-order valence-corrected chi connectivity index (χ2v) is 6.79. The van der Waals surface area contributed by atoms with E-state index in [1.54, 1.807) is 23.3 Å². The first-order valence-electron chi connectivity index (χ1n) is 6.91. The van der Waals surface area contributed by atoms with Gasteiger partial charge in [0, 0.05) is 13.6 Å². The van der Waals surface area contributed by atoms with Crippen molar-refractivity contribution in [1.82, 2.24) is 4.90 Å². The number of carbonyl (C=O) groups is 1. The van der Waals surface area contributed by atoms with Crippen molar-refractivity contribution in [3.05, 3.63) is 46.7 Å². The van der Waals surface area contributed by atoms with Crippen LogP contribution in [0.2, 0.25) is 0 Å². The molecule has 0 saturated heterocycles. The van der Waals surface area contributed by atoms with Gasteiger partial charge in [-0.15, -0.1) is 0 Å². The summed E-state index contributed by atoms with van der Waals surface area (Å²) in [6.45, 7) is 6.15. The lowest BCUT2D eigenvalue weighted by molar-refractivity contribution is 0.0285. The van der Waals surface area contributed by atoms with Gasteiger partial charge in [0.25, 0.3) is 0 Å². The molecule has 0 radical (unpaired) electrons. The molecule has 1 heterocycles. The molecule has 4 heteroatoms. The van der Waals surface area contributed by atoms with Crippen molar-refractivity contribution in [2.45, 2.75) is 32.9 Å². The lowest BCUT2D eigenvalue weighted by Gasteiger charge is -2.25. The van der Waals surface area contributed by atoms with Crippen LogP contribution in [0.4, 0.5) is 4.79 Å². The van der Waals surface area contributed by atoms with Crippen molar-refractivity contribution in [1.29, 1.82) is 0 Å². The molecule has 1 aromatic carbocycles. The van der Waals surface area contributed by atoms with E-state index in [-0.39, 0.29) is 6.09 Å². The van der Waals surface area contributed by atoms with Crippen LogP contribution in [0.3, 0.4) is 0 Å². The summed E-state index contributed by atoms with van der Waals surface area (Å²) in [5.74, 6) is 0. The van der Waals surface area contributed by atoms with Crippen LogP contribution in [0.25, 0.3) is 11.1 Å². The van der Waals surface area contributed by atoms with Crippen LogP contribution in [0.15, 0.2) is 41.1 Å². The number of hydrogen-bond donors (Lipinski definition) is 0. The highest BCUT2D eigenvalue weighted by atomic mass is 32.1. The Morgan fingerprint density at radius 2 is 1.95 bits per heavy atom. The first kappa shape index (κ1) is 15.6. The smallest absolute Gasteiger partial charge is 0.410 e. The third-order valence-electron chi connectivity index (χ3n) is 2.96. The number of thiophene rings is 1. The number of benzene rings is 1. The number of amides is 1. The van der Waals surface area contributed by atoms with Crippen molar-refractivity contribution in [3.63, 3.8) is 0 Å². The number of carbonyl (C=O) groups excluding carboxylic acids is 1. The van der Waals surface area contributed by atoms with Gasteiger partial charge in [-0.3, -0.25) is 0 Å². The summed E-state index contributed by atoms with van der Waals surface area (Å²) in [5, 5.41) is 4.18. The highest BCUT2D eigenvalue weighted by Crippen LogP contribution is 2.26. The Kier molecular flexibility index (Phi) is 4.68. The molecule has 0 unspecified atom stereocenters. The second kappa shape index (κ2) is 6.31. The Labute approximate surface area is 130 Å². The van der Waals surface area contributed by atoms with Gasteiger partial charge in [0.1, 0.15) is 5.60 Å². The van der Waals surface area contributed by atoms with Crippen molar-refractivity contribution < 1.29 is 9.53 Å². The van der Waals surface area contributed by atoms with Gasteiger partial charge in [0.15, 0.2) is 0 Å². The summed E-state index contributed by atoms with van der Waals surface area (Å²) in [5.41, 5.74) is 2.99. The normalized spacial score (nSPS) is 11.2. The van der Waals surface area contributed by atoms with Gasteiger partial charge in [0.05, 0.1) is 0 Å². The number of nitrogens with zero attached hydrogens (tertiary/aromatic N) is 1. The summed E-state index contributed by atoms with van der Waals surface area (Å²) in [7, 11) is 1.76. The van der Waals surface area contributed by atoms with E-state index in [2.05, 4.69) is 22.9 Å². The van der Waals surface area contributed by atoms with Gasteiger partial charge in [-0.1, -0.05) is 24.3 Å². The topological polar surface area (TPSA) is 29.5 Å². The van der Waals surface area contributed by atoms with Crippen LogP contribution in [0.5, 0.6) is 0 Å². The number of rotatable bonds is 3. The lowest BCUT2D eigenvalue weighted by Crippen LogP contribution is -2.33. The third kappa shape index (κ3) is 4.33. The molecular weight excluding hydrogens is 282 g/mol. The molecular formula is C17H21NO2S. The van der Waals surface area contributed by atoms with Crippen molar-refractivity contribution >= 4 is 17.4 Å². The van der Waals surface area contributed by atoms with E-state index >= 15 is 0 Å². The average molecular weight is 303 g/mol. The zero-order valence-corrected chi connectivity index (χ0v) is 13.7. The molecule has 1 aromatic heterocycles. The van der Waals surface area contributed by atoms with E-state index in [0.717, 1.165) is 11.1 Å². The van der Waals surface area contributed by atoms with Gasteiger partial charge in [-0.05, 0) is 54.3 Å². The first-order valence-corrected chi connectivity index (χ1v) is 7.86. The molecule has 1 amide bonds. The zero-order valence-electron chi connectivity index (χ0n) is 12.9. The van der Waals surface area contributed by atoms with Crippen molar-refractivity contribution in [3.8, 4) is 11.1 Å². The molecule has 0 bridgehead atoms. The van der Waals surface area contributed by atoms with E-state index in [4.69, 9.17) is 4.74 Å². The van der Waals surface area contributed by atoms with E-state index in [0.29, 0.717) is 6.54 Å². The maximum Gasteiger partial charge on any atom is 0.410 e. The molecule has 0 fully saturated rings. The largest absolute Gasteiger partial charge is 0.444 e. The fourth-order valence-electron chi connectivity index (χ4n) is 2.02. The van der Waals surface area contributed by atoms with Crippen LogP contribution in [-0.2, 0) is 11.3 Å². The minimum absolute atomic E-state index is 0.303. The Morgan fingerprint density at radius 3 is 2.57 bits per heavy atom. The molecule has 0 spiro atoms. The maximum absolute atomic E-state index is 12.1. The van der Waals surface area contributed by atoms with Crippen LogP contribution >= 0.6 is 11.3 Å². The van der Waals surface area contributed by atoms with Gasteiger partial charge >= 0.3 is 6.09 Å². The van der Waals surface area contributed by atoms with Gasteiger partial charge in [-0.2, -0.15) is 11.3 Å². The highest BCUT2D eigenvalue weighted by molar-refractivity contribution is 7.08. The fourth-order valence-corrected chi connectivity index (χ4v) is 2.67. The van der Waals surface area contributed by atoms with Crippen LogP contribution in [-0.4, -0.2) is 23.6 Å². The van der Waals surface area contributed by atoms with Crippen LogP contribution < -0.4 is 0 Å². The zero-order chi connectivity index (χ0) is 15.5. The van der Waals surface area contributed by atoms with Gasteiger partial charge < -0.3 is 9.64 Å². The Balaban J connectivity index is 2.15. The number of ether oxygens (including phenoxy) is 1. The molecule has 0 aliphatic heterocycles. The molecule has 0 atom stereocenters. The molecule has 3 nitrogen and oxygen atoms in total. The van der Waals surface area contributed by atoms with Crippen molar-refractivity contribution in [2.75, 3.05) is 7.05 Å². The minimum atomic E-state index is -0.474. The molecule has 0 saturated carbocycles. The predicted molar refractivity (Wildman–Crippen MR) is 87.5 cm³/mol. The fraction of sp³-hybridized carbons (Fsp3) is 0.353. The number of hydrogen-bond acceptors (Lipinski definition) is 3. The standard InChI is InChI=1S/C17H21NO2S/c1-17(2,3)20-16(19)18(4)11-13-7-5-6-8-15(13)14-9-10-21-12-14/h5-10,12H,11H2,1-4H3. The highest BCUT2D eigenvalue weighted by Gasteiger charge is 2.20. The predicted octanol–water partition coefficient (Wildman–Crippen LogP) is 4.78. The summed E-state index contributed by atoms with van der Waals surface area (Å²) >= 11 is 1.67.